The minimum Gasteiger partial charge on any atom is -0.330 e. The van der Waals surface area contributed by atoms with Gasteiger partial charge in [-0.3, -0.25) is 0 Å². The van der Waals surface area contributed by atoms with Crippen LogP contribution in [0.2, 0.25) is 0 Å². The van der Waals surface area contributed by atoms with E-state index in [-0.39, 0.29) is 0 Å². The predicted molar refractivity (Wildman–Crippen MR) is 61.1 cm³/mol. The maximum absolute atomic E-state index is 5.97. The van der Waals surface area contributed by atoms with Gasteiger partial charge >= 0.3 is 0 Å². The van der Waals surface area contributed by atoms with E-state index in [1.54, 1.807) is 0 Å². The largest absolute Gasteiger partial charge is 0.330 e. The van der Waals surface area contributed by atoms with Crippen LogP contribution in [0.1, 0.15) is 58.8 Å². The van der Waals surface area contributed by atoms with E-state index in [1.807, 2.05) is 0 Å². The molecular weight excluding hydrogens is 170 g/mol. The van der Waals surface area contributed by atoms with Gasteiger partial charge in [-0.05, 0) is 55.4 Å². The van der Waals surface area contributed by atoms with Gasteiger partial charge in [-0.2, -0.15) is 0 Å². The molecule has 2 rings (SSSR count). The molecule has 0 aliphatic heterocycles. The van der Waals surface area contributed by atoms with Crippen LogP contribution in [0.25, 0.3) is 0 Å². The predicted octanol–water partition coefficient (Wildman–Crippen LogP) is 3.33. The van der Waals surface area contributed by atoms with Gasteiger partial charge in [0.2, 0.25) is 0 Å². The minimum absolute atomic E-state index is 0.540. The quantitative estimate of drug-likeness (QED) is 0.734. The molecule has 2 fully saturated rings. The summed E-state index contributed by atoms with van der Waals surface area (Å²) in [5.41, 5.74) is 7.15. The van der Waals surface area contributed by atoms with Crippen LogP contribution >= 0.6 is 0 Å². The van der Waals surface area contributed by atoms with Crippen molar-refractivity contribution in [3.05, 3.63) is 0 Å². The summed E-state index contributed by atoms with van der Waals surface area (Å²) in [4.78, 5) is 0. The monoisotopic (exact) mass is 195 g/mol. The summed E-state index contributed by atoms with van der Waals surface area (Å²) in [6.07, 6.45) is 9.98. The van der Waals surface area contributed by atoms with Gasteiger partial charge in [0.15, 0.2) is 0 Å². The average molecular weight is 195 g/mol. The molecule has 0 bridgehead atoms. The molecule has 2 aliphatic rings. The summed E-state index contributed by atoms with van der Waals surface area (Å²) in [7, 11) is 0. The lowest BCUT2D eigenvalue weighted by atomic mass is 9.56. The molecule has 0 radical (unpaired) electrons. The van der Waals surface area contributed by atoms with Gasteiger partial charge in [0.1, 0.15) is 0 Å². The third-order valence-corrected chi connectivity index (χ3v) is 4.61. The highest BCUT2D eigenvalue weighted by Gasteiger charge is 2.45. The van der Waals surface area contributed by atoms with Crippen LogP contribution in [0.3, 0.4) is 0 Å². The molecule has 0 atom stereocenters. The SMILES string of the molecule is CC1CC(CN)(CC2(C)CCCC2)C1. The molecule has 1 nitrogen and oxygen atoms in total. The molecule has 82 valence electrons. The molecule has 2 aliphatic carbocycles. The molecule has 0 saturated heterocycles. The van der Waals surface area contributed by atoms with Crippen LogP contribution < -0.4 is 5.73 Å². The Morgan fingerprint density at radius 3 is 2.21 bits per heavy atom. The molecule has 0 aromatic rings. The summed E-state index contributed by atoms with van der Waals surface area (Å²) < 4.78 is 0. The van der Waals surface area contributed by atoms with Crippen LogP contribution in [-0.2, 0) is 0 Å². The van der Waals surface area contributed by atoms with E-state index in [9.17, 15) is 0 Å². The van der Waals surface area contributed by atoms with E-state index in [4.69, 9.17) is 5.73 Å². The van der Waals surface area contributed by atoms with Crippen molar-refractivity contribution in [3.8, 4) is 0 Å². The molecule has 2 N–H and O–H groups in total. The molecule has 14 heavy (non-hydrogen) atoms. The standard InChI is InChI=1S/C13H25N/c1-11-7-13(8-11,10-14)9-12(2)5-3-4-6-12/h11H,3-10,14H2,1-2H3. The maximum Gasteiger partial charge on any atom is -0.00201 e. The van der Waals surface area contributed by atoms with E-state index in [1.165, 1.54) is 44.9 Å². The summed E-state index contributed by atoms with van der Waals surface area (Å²) in [6.45, 7) is 5.78. The Balaban J connectivity index is 1.94. The number of hydrogen-bond acceptors (Lipinski definition) is 1. The summed E-state index contributed by atoms with van der Waals surface area (Å²) in [5.74, 6) is 0.934. The highest BCUT2D eigenvalue weighted by atomic mass is 14.6. The number of rotatable bonds is 3. The molecule has 0 aromatic carbocycles. The van der Waals surface area contributed by atoms with E-state index in [0.717, 1.165) is 12.5 Å². The summed E-state index contributed by atoms with van der Waals surface area (Å²) in [5, 5.41) is 0. The fraction of sp³-hybridized carbons (Fsp3) is 1.00. The van der Waals surface area contributed by atoms with E-state index in [2.05, 4.69) is 13.8 Å². The Bertz CT molecular complexity index is 197. The molecule has 0 amide bonds. The van der Waals surface area contributed by atoms with E-state index >= 15 is 0 Å². The highest BCUT2D eigenvalue weighted by molar-refractivity contribution is 4.98. The third kappa shape index (κ3) is 1.84. The van der Waals surface area contributed by atoms with Crippen molar-refractivity contribution in [1.29, 1.82) is 0 Å². The fourth-order valence-electron chi connectivity index (χ4n) is 4.11. The zero-order chi connectivity index (χ0) is 10.2. The topological polar surface area (TPSA) is 26.0 Å². The molecular formula is C13H25N. The smallest absolute Gasteiger partial charge is 0.00201 e. The Labute approximate surface area is 88.4 Å². The molecule has 2 saturated carbocycles. The molecule has 0 spiro atoms. The van der Waals surface area contributed by atoms with Gasteiger partial charge < -0.3 is 5.73 Å². The second kappa shape index (κ2) is 3.52. The van der Waals surface area contributed by atoms with Crippen molar-refractivity contribution in [2.75, 3.05) is 6.54 Å². The van der Waals surface area contributed by atoms with E-state index in [0.29, 0.717) is 10.8 Å². The average Bonchev–Trinajstić information content (AvgIpc) is 2.49. The van der Waals surface area contributed by atoms with Crippen molar-refractivity contribution >= 4 is 0 Å². The number of nitrogens with two attached hydrogens (primary N) is 1. The third-order valence-electron chi connectivity index (χ3n) is 4.61. The van der Waals surface area contributed by atoms with Gasteiger partial charge in [0.25, 0.3) is 0 Å². The number of hydrogen-bond donors (Lipinski definition) is 1. The van der Waals surface area contributed by atoms with Crippen LogP contribution in [0.5, 0.6) is 0 Å². The molecule has 0 heterocycles. The summed E-state index contributed by atoms with van der Waals surface area (Å²) in [6, 6.07) is 0. The maximum atomic E-state index is 5.97. The van der Waals surface area contributed by atoms with Gasteiger partial charge in [-0.25, -0.2) is 0 Å². The first-order valence-electron chi connectivity index (χ1n) is 6.28. The summed E-state index contributed by atoms with van der Waals surface area (Å²) >= 11 is 0. The van der Waals surface area contributed by atoms with Crippen molar-refractivity contribution in [1.82, 2.24) is 0 Å². The fourth-order valence-corrected chi connectivity index (χ4v) is 4.11. The molecule has 0 aromatic heterocycles. The lowest BCUT2D eigenvalue weighted by Gasteiger charge is -2.50. The lowest BCUT2D eigenvalue weighted by Crippen LogP contribution is -2.45. The second-order valence-corrected chi connectivity index (χ2v) is 6.41. The van der Waals surface area contributed by atoms with Crippen LogP contribution in [-0.4, -0.2) is 6.54 Å². The molecule has 1 heteroatoms. The van der Waals surface area contributed by atoms with Crippen molar-refractivity contribution in [2.45, 2.75) is 58.8 Å². The molecule has 0 unspecified atom stereocenters. The van der Waals surface area contributed by atoms with Gasteiger partial charge in [0, 0.05) is 0 Å². The van der Waals surface area contributed by atoms with Crippen molar-refractivity contribution < 1.29 is 0 Å². The normalized spacial score (nSPS) is 40.9. The second-order valence-electron chi connectivity index (χ2n) is 6.41. The van der Waals surface area contributed by atoms with Crippen LogP contribution in [0.4, 0.5) is 0 Å². The Morgan fingerprint density at radius 2 is 1.79 bits per heavy atom. The Morgan fingerprint density at radius 1 is 1.21 bits per heavy atom. The Hall–Kier alpha value is -0.0400. The zero-order valence-electron chi connectivity index (χ0n) is 9.81. The van der Waals surface area contributed by atoms with Gasteiger partial charge in [0.05, 0.1) is 0 Å². The van der Waals surface area contributed by atoms with Gasteiger partial charge in [-0.1, -0.05) is 26.7 Å². The first-order valence-corrected chi connectivity index (χ1v) is 6.28. The van der Waals surface area contributed by atoms with Crippen LogP contribution in [0, 0.1) is 16.7 Å². The van der Waals surface area contributed by atoms with Crippen molar-refractivity contribution in [3.63, 3.8) is 0 Å². The van der Waals surface area contributed by atoms with Gasteiger partial charge in [-0.15, -0.1) is 0 Å². The first-order chi connectivity index (χ1) is 6.58. The minimum atomic E-state index is 0.540. The Kier molecular flexibility index (Phi) is 2.63. The van der Waals surface area contributed by atoms with E-state index < -0.39 is 0 Å². The van der Waals surface area contributed by atoms with Crippen molar-refractivity contribution in [2.24, 2.45) is 22.5 Å². The van der Waals surface area contributed by atoms with Crippen LogP contribution in [0.15, 0.2) is 0 Å². The first kappa shape index (κ1) is 10.5. The lowest BCUT2D eigenvalue weighted by molar-refractivity contribution is 0.0206. The highest BCUT2D eigenvalue weighted by Crippen LogP contribution is 2.55. The zero-order valence-corrected chi connectivity index (χ0v) is 9.81.